The van der Waals surface area contributed by atoms with Gasteiger partial charge >= 0.3 is 0 Å². The van der Waals surface area contributed by atoms with Gasteiger partial charge in [-0.05, 0) is 5.75 Å². The number of nitrogens with zero attached hydrogens (tertiary/aromatic N) is 2. The van der Waals surface area contributed by atoms with Gasteiger partial charge in [0.1, 0.15) is 0 Å². The number of terminal acetylenes is 1. The van der Waals surface area contributed by atoms with E-state index in [4.69, 9.17) is 6.42 Å². The van der Waals surface area contributed by atoms with Gasteiger partial charge in [-0.25, -0.2) is 0 Å². The molecule has 0 unspecified atom stereocenters. The van der Waals surface area contributed by atoms with Gasteiger partial charge in [-0.15, -0.1) is 16.6 Å². The van der Waals surface area contributed by atoms with Crippen molar-refractivity contribution in [2.24, 2.45) is 0 Å². The Morgan fingerprint density at radius 1 is 1.42 bits per heavy atom. The Hall–Kier alpha value is -0.180. The Labute approximate surface area is 84.5 Å². The first-order valence-corrected chi connectivity index (χ1v) is 6.18. The molecular weight excluding hydrogens is 208 g/mol. The first-order chi connectivity index (χ1) is 5.86. The molecule has 2 nitrogen and oxygen atoms in total. The van der Waals surface area contributed by atoms with E-state index in [1.54, 1.807) is 34.9 Å². The van der Waals surface area contributed by atoms with E-state index in [0.717, 1.165) is 14.4 Å². The number of hydrogen-bond donors (Lipinski definition) is 0. The van der Waals surface area contributed by atoms with Gasteiger partial charge in [0.2, 0.25) is 0 Å². The van der Waals surface area contributed by atoms with Crippen LogP contribution in [-0.4, -0.2) is 21.7 Å². The van der Waals surface area contributed by atoms with Crippen LogP contribution in [0.5, 0.6) is 0 Å². The average molecular weight is 216 g/mol. The van der Waals surface area contributed by atoms with Gasteiger partial charge in [-0.1, -0.05) is 47.7 Å². The SMILES string of the molecule is C#CCSc1nnc(SCC)s1. The molecule has 12 heavy (non-hydrogen) atoms. The van der Waals surface area contributed by atoms with E-state index in [9.17, 15) is 0 Å². The van der Waals surface area contributed by atoms with Crippen LogP contribution in [-0.2, 0) is 0 Å². The van der Waals surface area contributed by atoms with Gasteiger partial charge in [0.25, 0.3) is 0 Å². The van der Waals surface area contributed by atoms with Crippen molar-refractivity contribution in [3.05, 3.63) is 0 Å². The molecule has 1 heterocycles. The third-order valence-corrected chi connectivity index (χ3v) is 3.91. The summed E-state index contributed by atoms with van der Waals surface area (Å²) in [5.41, 5.74) is 0. The fourth-order valence-electron chi connectivity index (χ4n) is 0.541. The molecule has 0 saturated heterocycles. The lowest BCUT2D eigenvalue weighted by molar-refractivity contribution is 0.955. The maximum absolute atomic E-state index is 5.12. The maximum Gasteiger partial charge on any atom is 0.176 e. The quantitative estimate of drug-likeness (QED) is 0.570. The highest BCUT2D eigenvalue weighted by Crippen LogP contribution is 2.27. The molecule has 0 aliphatic rings. The molecule has 1 rings (SSSR count). The van der Waals surface area contributed by atoms with Crippen molar-refractivity contribution < 1.29 is 0 Å². The second-order valence-corrected chi connectivity index (χ2v) is 5.47. The molecule has 1 aromatic rings. The van der Waals surface area contributed by atoms with Gasteiger partial charge in [0.15, 0.2) is 8.68 Å². The lowest BCUT2D eigenvalue weighted by Gasteiger charge is -1.85. The summed E-state index contributed by atoms with van der Waals surface area (Å²) in [6.07, 6.45) is 5.12. The Morgan fingerprint density at radius 3 is 2.67 bits per heavy atom. The highest BCUT2D eigenvalue weighted by molar-refractivity contribution is 8.03. The summed E-state index contributed by atoms with van der Waals surface area (Å²) in [4.78, 5) is 0. The van der Waals surface area contributed by atoms with Crippen molar-refractivity contribution >= 4 is 34.9 Å². The molecular formula is C7H8N2S3. The van der Waals surface area contributed by atoms with Crippen LogP contribution in [0.2, 0.25) is 0 Å². The average Bonchev–Trinajstić information content (AvgIpc) is 2.50. The largest absolute Gasteiger partial charge is 0.176 e. The molecule has 1 aromatic heterocycles. The smallest absolute Gasteiger partial charge is 0.131 e. The van der Waals surface area contributed by atoms with Crippen LogP contribution in [0.25, 0.3) is 0 Å². The van der Waals surface area contributed by atoms with Crippen molar-refractivity contribution in [2.45, 2.75) is 15.6 Å². The van der Waals surface area contributed by atoms with Crippen molar-refractivity contribution in [3.8, 4) is 12.3 Å². The standard InChI is InChI=1S/C7H8N2S3/c1-3-5-11-7-9-8-6(12-7)10-4-2/h1H,4-5H2,2H3. The summed E-state index contributed by atoms with van der Waals surface area (Å²) in [5, 5.41) is 7.99. The van der Waals surface area contributed by atoms with Crippen LogP contribution >= 0.6 is 34.9 Å². The molecule has 0 bridgehead atoms. The summed E-state index contributed by atoms with van der Waals surface area (Å²) < 4.78 is 1.99. The minimum atomic E-state index is 0.672. The highest BCUT2D eigenvalue weighted by atomic mass is 32.2. The Bertz CT molecular complexity index is 276. The van der Waals surface area contributed by atoms with Crippen LogP contribution in [0.1, 0.15) is 6.92 Å². The van der Waals surface area contributed by atoms with E-state index in [2.05, 4.69) is 23.0 Å². The molecule has 0 aliphatic carbocycles. The number of thioether (sulfide) groups is 2. The Kier molecular flexibility index (Phi) is 4.51. The molecule has 0 radical (unpaired) electrons. The minimum absolute atomic E-state index is 0.672. The lowest BCUT2D eigenvalue weighted by Crippen LogP contribution is -1.73. The highest BCUT2D eigenvalue weighted by Gasteiger charge is 2.02. The topological polar surface area (TPSA) is 25.8 Å². The van der Waals surface area contributed by atoms with Gasteiger partial charge < -0.3 is 0 Å². The second kappa shape index (κ2) is 5.46. The van der Waals surface area contributed by atoms with Gasteiger partial charge in [0.05, 0.1) is 5.75 Å². The second-order valence-electron chi connectivity index (χ2n) is 1.76. The summed E-state index contributed by atoms with van der Waals surface area (Å²) in [6, 6.07) is 0. The summed E-state index contributed by atoms with van der Waals surface area (Å²) in [7, 11) is 0. The molecule has 0 spiro atoms. The van der Waals surface area contributed by atoms with Crippen molar-refractivity contribution in [1.29, 1.82) is 0 Å². The van der Waals surface area contributed by atoms with E-state index in [1.165, 1.54) is 0 Å². The molecule has 64 valence electrons. The van der Waals surface area contributed by atoms with E-state index in [0.29, 0.717) is 5.75 Å². The molecule has 0 saturated carbocycles. The zero-order chi connectivity index (χ0) is 8.81. The summed E-state index contributed by atoms with van der Waals surface area (Å²) in [5.74, 6) is 4.26. The molecule has 0 amide bonds. The predicted octanol–water partition coefficient (Wildman–Crippen LogP) is 2.38. The summed E-state index contributed by atoms with van der Waals surface area (Å²) in [6.45, 7) is 2.10. The predicted molar refractivity (Wildman–Crippen MR) is 55.9 cm³/mol. The van der Waals surface area contributed by atoms with Crippen LogP contribution in [0, 0.1) is 12.3 Å². The van der Waals surface area contributed by atoms with Crippen molar-refractivity contribution in [3.63, 3.8) is 0 Å². The first kappa shape index (κ1) is 9.90. The van der Waals surface area contributed by atoms with Crippen molar-refractivity contribution in [1.82, 2.24) is 10.2 Å². The normalized spacial score (nSPS) is 9.67. The van der Waals surface area contributed by atoms with E-state index >= 15 is 0 Å². The molecule has 0 atom stereocenters. The molecule has 5 heteroatoms. The maximum atomic E-state index is 5.12. The van der Waals surface area contributed by atoms with E-state index in [1.807, 2.05) is 0 Å². The third kappa shape index (κ3) is 3.05. The fourth-order valence-corrected chi connectivity index (χ4v) is 3.14. The lowest BCUT2D eigenvalue weighted by atomic mass is 10.8. The summed E-state index contributed by atoms with van der Waals surface area (Å²) >= 11 is 4.88. The monoisotopic (exact) mass is 216 g/mol. The minimum Gasteiger partial charge on any atom is -0.131 e. The van der Waals surface area contributed by atoms with Crippen LogP contribution < -0.4 is 0 Å². The van der Waals surface area contributed by atoms with Crippen LogP contribution in [0.4, 0.5) is 0 Å². The van der Waals surface area contributed by atoms with Crippen molar-refractivity contribution in [2.75, 3.05) is 11.5 Å². The van der Waals surface area contributed by atoms with E-state index < -0.39 is 0 Å². The zero-order valence-corrected chi connectivity index (χ0v) is 9.06. The Balaban J connectivity index is 2.47. The van der Waals surface area contributed by atoms with Crippen LogP contribution in [0.3, 0.4) is 0 Å². The number of hydrogen-bond acceptors (Lipinski definition) is 5. The van der Waals surface area contributed by atoms with Gasteiger partial charge in [-0.3, -0.25) is 0 Å². The van der Waals surface area contributed by atoms with Gasteiger partial charge in [-0.2, -0.15) is 0 Å². The molecule has 0 aromatic carbocycles. The van der Waals surface area contributed by atoms with Crippen LogP contribution in [0.15, 0.2) is 8.68 Å². The molecule has 0 N–H and O–H groups in total. The number of aromatic nitrogens is 2. The number of rotatable bonds is 4. The fraction of sp³-hybridized carbons (Fsp3) is 0.429. The Morgan fingerprint density at radius 2 is 2.08 bits per heavy atom. The zero-order valence-electron chi connectivity index (χ0n) is 6.61. The third-order valence-electron chi connectivity index (χ3n) is 0.935. The van der Waals surface area contributed by atoms with E-state index in [-0.39, 0.29) is 0 Å². The first-order valence-electron chi connectivity index (χ1n) is 3.39. The van der Waals surface area contributed by atoms with Gasteiger partial charge in [0, 0.05) is 0 Å². The molecule has 0 aliphatic heterocycles. The molecule has 0 fully saturated rings.